The van der Waals surface area contributed by atoms with Crippen LogP contribution in [0, 0.1) is 0 Å². The molecule has 0 saturated heterocycles. The maximum atomic E-state index is 4.48. The van der Waals surface area contributed by atoms with E-state index in [4.69, 9.17) is 0 Å². The second kappa shape index (κ2) is 13.6. The van der Waals surface area contributed by atoms with E-state index in [-0.39, 0.29) is 20.9 Å². The molecule has 1 nitrogen and oxygen atoms in total. The van der Waals surface area contributed by atoms with Crippen LogP contribution in [0.1, 0.15) is 84.5 Å². The molecule has 1 rings (SSSR count). The van der Waals surface area contributed by atoms with Gasteiger partial charge in [0.2, 0.25) is 0 Å². The Morgan fingerprint density at radius 1 is 0.905 bits per heavy atom. The molecule has 0 amide bonds. The molecule has 1 aromatic heterocycles. The van der Waals surface area contributed by atoms with Gasteiger partial charge >= 0.3 is 136 Å². The molecule has 0 aliphatic rings. The zero-order valence-corrected chi connectivity index (χ0v) is 16.4. The Kier molecular flexibility index (Phi) is 12.3. The molecular formula is C19H33NTe. The van der Waals surface area contributed by atoms with E-state index in [0.717, 1.165) is 3.97 Å². The van der Waals surface area contributed by atoms with Gasteiger partial charge in [-0.25, -0.2) is 0 Å². The third kappa shape index (κ3) is 11.2. The van der Waals surface area contributed by atoms with E-state index >= 15 is 0 Å². The molecule has 1 aromatic rings. The van der Waals surface area contributed by atoms with Crippen LogP contribution in [0.25, 0.3) is 0 Å². The molecular weight excluding hydrogens is 370 g/mol. The first kappa shape index (κ1) is 19.0. The van der Waals surface area contributed by atoms with Crippen LogP contribution in [0.15, 0.2) is 24.4 Å². The SMILES string of the molecule is CCCCCCCCCCCCC(C)[Te]c1ccccn1. The van der Waals surface area contributed by atoms with Gasteiger partial charge in [-0.2, -0.15) is 0 Å². The summed E-state index contributed by atoms with van der Waals surface area (Å²) in [4.78, 5) is 4.48. The van der Waals surface area contributed by atoms with Crippen molar-refractivity contribution >= 4 is 24.7 Å². The van der Waals surface area contributed by atoms with Crippen molar-refractivity contribution in [3.8, 4) is 0 Å². The fraction of sp³-hybridized carbons (Fsp3) is 0.737. The van der Waals surface area contributed by atoms with Crippen molar-refractivity contribution in [2.75, 3.05) is 0 Å². The quantitative estimate of drug-likeness (QED) is 0.312. The summed E-state index contributed by atoms with van der Waals surface area (Å²) < 4.78 is 2.28. The molecule has 1 heterocycles. The summed E-state index contributed by atoms with van der Waals surface area (Å²) in [5.74, 6) is 0. The van der Waals surface area contributed by atoms with Crippen LogP contribution >= 0.6 is 0 Å². The van der Waals surface area contributed by atoms with Crippen molar-refractivity contribution in [1.82, 2.24) is 4.98 Å². The van der Waals surface area contributed by atoms with Crippen molar-refractivity contribution in [3.63, 3.8) is 0 Å². The van der Waals surface area contributed by atoms with Gasteiger partial charge in [-0.3, -0.25) is 0 Å². The number of unbranched alkanes of at least 4 members (excludes halogenated alkanes) is 9. The number of aromatic nitrogens is 1. The molecule has 1 unspecified atom stereocenters. The molecule has 0 N–H and O–H groups in total. The summed E-state index contributed by atoms with van der Waals surface area (Å²) in [6.45, 7) is 4.71. The van der Waals surface area contributed by atoms with E-state index in [0.29, 0.717) is 0 Å². The second-order valence-corrected chi connectivity index (χ2v) is 10.2. The van der Waals surface area contributed by atoms with Crippen LogP contribution in [0.5, 0.6) is 0 Å². The van der Waals surface area contributed by atoms with Crippen molar-refractivity contribution in [1.29, 1.82) is 0 Å². The predicted octanol–water partition coefficient (Wildman–Crippen LogP) is 5.53. The minimum atomic E-state index is -0.0715. The molecule has 0 aliphatic heterocycles. The van der Waals surface area contributed by atoms with Crippen LogP contribution in [0.4, 0.5) is 0 Å². The average molecular weight is 403 g/mol. The number of hydrogen-bond acceptors (Lipinski definition) is 1. The summed E-state index contributed by atoms with van der Waals surface area (Å²) in [7, 11) is 0. The van der Waals surface area contributed by atoms with Gasteiger partial charge < -0.3 is 0 Å². The average Bonchev–Trinajstić information content (AvgIpc) is 2.50. The fourth-order valence-corrected chi connectivity index (χ4v) is 5.39. The third-order valence-electron chi connectivity index (χ3n) is 3.92. The van der Waals surface area contributed by atoms with Crippen LogP contribution in [0.2, 0.25) is 3.97 Å². The molecule has 0 radical (unpaired) electrons. The Bertz CT molecular complexity index is 326. The molecule has 1 atom stereocenters. The zero-order valence-electron chi connectivity index (χ0n) is 14.0. The van der Waals surface area contributed by atoms with Crippen LogP contribution in [-0.4, -0.2) is 25.9 Å². The van der Waals surface area contributed by atoms with E-state index in [9.17, 15) is 0 Å². The summed E-state index contributed by atoms with van der Waals surface area (Å²) in [6.07, 6.45) is 17.7. The van der Waals surface area contributed by atoms with E-state index in [1.807, 2.05) is 12.3 Å². The number of rotatable bonds is 13. The number of hydrogen-bond donors (Lipinski definition) is 0. The summed E-state index contributed by atoms with van der Waals surface area (Å²) >= 11 is -0.0715. The minimum absolute atomic E-state index is 0.0715. The second-order valence-electron chi connectivity index (χ2n) is 6.07. The molecule has 0 spiro atoms. The topological polar surface area (TPSA) is 12.9 Å². The first-order valence-corrected chi connectivity index (χ1v) is 11.4. The number of pyridine rings is 1. The van der Waals surface area contributed by atoms with Crippen molar-refractivity contribution in [2.24, 2.45) is 0 Å². The van der Waals surface area contributed by atoms with Crippen molar-refractivity contribution in [3.05, 3.63) is 24.4 Å². The Hall–Kier alpha value is -0.0604. The van der Waals surface area contributed by atoms with Gasteiger partial charge in [-0.05, 0) is 0 Å². The maximum absolute atomic E-state index is 4.48. The van der Waals surface area contributed by atoms with E-state index in [1.165, 1.54) is 74.4 Å². The summed E-state index contributed by atoms with van der Waals surface area (Å²) in [6, 6.07) is 6.35. The summed E-state index contributed by atoms with van der Waals surface area (Å²) in [5.41, 5.74) is 0. The van der Waals surface area contributed by atoms with Gasteiger partial charge in [-0.15, -0.1) is 0 Å². The molecule has 0 aliphatic carbocycles. The monoisotopic (exact) mass is 405 g/mol. The van der Waals surface area contributed by atoms with Gasteiger partial charge in [0, 0.05) is 0 Å². The van der Waals surface area contributed by atoms with E-state index in [1.54, 1.807) is 0 Å². The summed E-state index contributed by atoms with van der Waals surface area (Å²) in [5, 5.41) is 0. The molecule has 2 heteroatoms. The molecule has 0 aromatic carbocycles. The Morgan fingerprint density at radius 2 is 1.52 bits per heavy atom. The van der Waals surface area contributed by atoms with Crippen LogP contribution in [0.3, 0.4) is 0 Å². The van der Waals surface area contributed by atoms with E-state index in [2.05, 4.69) is 31.0 Å². The third-order valence-corrected chi connectivity index (χ3v) is 7.12. The van der Waals surface area contributed by atoms with Gasteiger partial charge in [0.15, 0.2) is 0 Å². The predicted molar refractivity (Wildman–Crippen MR) is 95.5 cm³/mol. The van der Waals surface area contributed by atoms with Gasteiger partial charge in [0.05, 0.1) is 0 Å². The first-order valence-electron chi connectivity index (χ1n) is 8.90. The zero-order chi connectivity index (χ0) is 15.2. The Labute approximate surface area is 142 Å². The standard InChI is InChI=1S/C19H33NTe/c1-3-4-5-6-7-8-9-10-11-12-15-18(2)21-19-16-13-14-17-20-19/h13-14,16-18H,3-12,15H2,1-2H3. The fourth-order valence-electron chi connectivity index (χ4n) is 2.60. The van der Waals surface area contributed by atoms with Crippen LogP contribution in [-0.2, 0) is 0 Å². The molecule has 120 valence electrons. The Morgan fingerprint density at radius 3 is 2.10 bits per heavy atom. The first-order chi connectivity index (χ1) is 10.3. The van der Waals surface area contributed by atoms with Gasteiger partial charge in [0.1, 0.15) is 0 Å². The molecule has 0 bridgehead atoms. The van der Waals surface area contributed by atoms with Crippen LogP contribution < -0.4 is 3.74 Å². The van der Waals surface area contributed by atoms with Gasteiger partial charge in [0.25, 0.3) is 0 Å². The van der Waals surface area contributed by atoms with E-state index < -0.39 is 0 Å². The molecule has 21 heavy (non-hydrogen) atoms. The van der Waals surface area contributed by atoms with Gasteiger partial charge in [-0.1, -0.05) is 6.92 Å². The van der Waals surface area contributed by atoms with Crippen molar-refractivity contribution in [2.45, 2.75) is 88.4 Å². The number of nitrogens with zero attached hydrogens (tertiary/aromatic N) is 1. The molecule has 0 fully saturated rings. The Balaban J connectivity index is 1.87. The normalized spacial score (nSPS) is 12.5. The molecule has 0 saturated carbocycles. The van der Waals surface area contributed by atoms with Crippen molar-refractivity contribution < 1.29 is 0 Å².